The summed E-state index contributed by atoms with van der Waals surface area (Å²) in [6, 6.07) is 76.0. The molecule has 0 bridgehead atoms. The number of rotatable bonds is 6. The zero-order valence-corrected chi connectivity index (χ0v) is 61.6. The Balaban J connectivity index is 0.000000109. The second-order valence-corrected chi connectivity index (χ2v) is 33.0. The molecule has 0 amide bonds. The molecule has 8 heterocycles. The van der Waals surface area contributed by atoms with Gasteiger partial charge in [0.25, 0.3) is 0 Å². The normalized spacial score (nSPS) is 19.0. The quantitative estimate of drug-likeness (QED) is 0.150. The average molecular weight is 1360 g/mol. The van der Waals surface area contributed by atoms with Crippen molar-refractivity contribution < 1.29 is 46.1 Å². The molecule has 10 aromatic carbocycles. The van der Waals surface area contributed by atoms with E-state index in [2.05, 4.69) is 287 Å². The van der Waals surface area contributed by atoms with Crippen molar-refractivity contribution in [1.29, 1.82) is 0 Å². The summed E-state index contributed by atoms with van der Waals surface area (Å²) in [6.07, 6.45) is 0. The predicted molar refractivity (Wildman–Crippen MR) is 420 cm³/mol. The second-order valence-electron chi connectivity index (χ2n) is 30.9. The highest BCUT2D eigenvalue weighted by atomic mass is 32.1. The van der Waals surface area contributed by atoms with Crippen LogP contribution in [0.15, 0.2) is 227 Å². The molecule has 4 saturated heterocycles. The van der Waals surface area contributed by atoms with Gasteiger partial charge in [-0.2, -0.15) is 0 Å². The number of benzene rings is 10. The first kappa shape index (κ1) is 68.0. The van der Waals surface area contributed by atoms with Crippen molar-refractivity contribution in [2.24, 2.45) is 0 Å². The molecule has 0 N–H and O–H groups in total. The van der Waals surface area contributed by atoms with E-state index in [4.69, 9.17) is 46.1 Å². The molecule has 0 aliphatic carbocycles. The fraction of sp³-hybridized carbons (Fsp3) is 0.286. The standard InChI is InChI=1S/C24H23BO3.C24H23BO2S.C18H19BO3.C18H19BO2S/c1-23(2)24(3,4)28-25(27-23)18-12-9-16(10-13-18)17-11-14-20-19-7-5-6-8-21(19)26-22(20)15-17;1-23(2)24(3,4)27-25(26-23)17-10-7-9-16(15-17)18-12-8-13-20-19-11-5-6-14-21(19)28-22(18)20;1-17(2)18(3,4)22-19(21-17)12-9-10-14-13-7-5-6-8-15(13)20-16(14)11-12;1-17(2)18(3,4)21-19(20-17)12-9-10-14-13-7-5-6-8-15(13)22-16(14)11-12/h2*5-15H,1-4H3;2*5-11H,1-4H3. The molecule has 4 aromatic heterocycles. The van der Waals surface area contributed by atoms with Crippen LogP contribution in [-0.4, -0.2) is 73.3 Å². The lowest BCUT2D eigenvalue weighted by molar-refractivity contribution is 0.00578. The van der Waals surface area contributed by atoms with Crippen molar-refractivity contribution in [3.05, 3.63) is 218 Å². The Morgan fingerprint density at radius 3 is 1.10 bits per heavy atom. The molecule has 100 heavy (non-hydrogen) atoms. The number of fused-ring (bicyclic) bond motifs is 12. The van der Waals surface area contributed by atoms with Gasteiger partial charge in [-0.15, -0.1) is 22.7 Å². The van der Waals surface area contributed by atoms with Gasteiger partial charge in [0.1, 0.15) is 22.3 Å². The molecule has 0 radical (unpaired) electrons. The minimum Gasteiger partial charge on any atom is -0.456 e. The Morgan fingerprint density at radius 2 is 0.580 bits per heavy atom. The molecular formula is C84H84B4O10S2. The molecule has 0 spiro atoms. The molecule has 10 nitrogen and oxygen atoms in total. The number of hydrogen-bond donors (Lipinski definition) is 0. The Bertz CT molecular complexity index is 5220. The maximum Gasteiger partial charge on any atom is 0.494 e. The summed E-state index contributed by atoms with van der Waals surface area (Å²) in [4.78, 5) is 0. The zero-order valence-electron chi connectivity index (χ0n) is 60.0. The first-order valence-electron chi connectivity index (χ1n) is 34.7. The van der Waals surface area contributed by atoms with Crippen LogP contribution in [-0.2, 0) is 37.2 Å². The van der Waals surface area contributed by atoms with Gasteiger partial charge in [0.2, 0.25) is 0 Å². The van der Waals surface area contributed by atoms with E-state index in [1.165, 1.54) is 51.5 Å². The van der Waals surface area contributed by atoms with Crippen LogP contribution in [0.25, 0.3) is 106 Å². The van der Waals surface area contributed by atoms with Crippen LogP contribution in [0.1, 0.15) is 111 Å². The van der Waals surface area contributed by atoms with Crippen molar-refractivity contribution in [1.82, 2.24) is 0 Å². The molecule has 504 valence electrons. The van der Waals surface area contributed by atoms with E-state index in [1.807, 2.05) is 65.1 Å². The van der Waals surface area contributed by atoms with E-state index in [9.17, 15) is 0 Å². The smallest absolute Gasteiger partial charge is 0.456 e. The lowest BCUT2D eigenvalue weighted by atomic mass is 9.78. The van der Waals surface area contributed by atoms with Crippen LogP contribution in [0.4, 0.5) is 0 Å². The second kappa shape index (κ2) is 25.0. The summed E-state index contributed by atoms with van der Waals surface area (Å²) >= 11 is 3.68. The third-order valence-electron chi connectivity index (χ3n) is 22.1. The van der Waals surface area contributed by atoms with E-state index in [0.29, 0.717) is 0 Å². The molecule has 4 aliphatic heterocycles. The van der Waals surface area contributed by atoms with Gasteiger partial charge in [0, 0.05) is 61.9 Å². The largest absolute Gasteiger partial charge is 0.494 e. The summed E-state index contributed by atoms with van der Waals surface area (Å²) in [7, 11) is -1.33. The molecular weight excluding hydrogens is 1280 g/mol. The Morgan fingerprint density at radius 1 is 0.230 bits per heavy atom. The predicted octanol–water partition coefficient (Wildman–Crippen LogP) is 19.8. The van der Waals surface area contributed by atoms with Gasteiger partial charge in [-0.25, -0.2) is 0 Å². The Kier molecular flexibility index (Phi) is 17.0. The van der Waals surface area contributed by atoms with E-state index in [1.54, 1.807) is 0 Å². The molecule has 0 atom stereocenters. The first-order valence-corrected chi connectivity index (χ1v) is 36.3. The Hall–Kier alpha value is -7.82. The van der Waals surface area contributed by atoms with E-state index < -0.39 is 0 Å². The van der Waals surface area contributed by atoms with Crippen molar-refractivity contribution >= 4 is 157 Å². The molecule has 0 unspecified atom stereocenters. The number of para-hydroxylation sites is 2. The minimum atomic E-state index is -0.359. The van der Waals surface area contributed by atoms with Crippen molar-refractivity contribution in [3.8, 4) is 22.3 Å². The molecule has 4 fully saturated rings. The SMILES string of the molecule is CC1(C)OB(c2ccc(-c3ccc4c(c3)oc3ccccc34)cc2)OC1(C)C.CC1(C)OB(c2ccc3c(c2)oc2ccccc23)OC1(C)C.CC1(C)OB(c2ccc3c(c2)sc2ccccc23)OC1(C)C.CC1(C)OB(c2cccc(-c3cccc4c3sc3ccccc34)c2)OC1(C)C. The monoisotopic (exact) mass is 1360 g/mol. The van der Waals surface area contributed by atoms with Gasteiger partial charge >= 0.3 is 28.5 Å². The third-order valence-corrected chi connectivity index (χ3v) is 24.5. The van der Waals surface area contributed by atoms with E-state index in [0.717, 1.165) is 76.9 Å². The van der Waals surface area contributed by atoms with Crippen molar-refractivity contribution in [2.75, 3.05) is 0 Å². The summed E-state index contributed by atoms with van der Waals surface area (Å²) in [5.74, 6) is 0. The maximum absolute atomic E-state index is 6.26. The summed E-state index contributed by atoms with van der Waals surface area (Å²) in [6.45, 7) is 33.3. The van der Waals surface area contributed by atoms with Crippen molar-refractivity contribution in [3.63, 3.8) is 0 Å². The van der Waals surface area contributed by atoms with Crippen LogP contribution in [0, 0.1) is 0 Å². The van der Waals surface area contributed by atoms with E-state index >= 15 is 0 Å². The van der Waals surface area contributed by atoms with Crippen LogP contribution in [0.2, 0.25) is 0 Å². The van der Waals surface area contributed by atoms with Crippen LogP contribution >= 0.6 is 22.7 Å². The maximum atomic E-state index is 6.26. The topological polar surface area (TPSA) is 100 Å². The lowest BCUT2D eigenvalue weighted by Crippen LogP contribution is -2.41. The molecule has 14 aromatic rings. The van der Waals surface area contributed by atoms with Gasteiger partial charge in [0.05, 0.1) is 44.8 Å². The fourth-order valence-electron chi connectivity index (χ4n) is 13.3. The Labute approximate surface area is 595 Å². The van der Waals surface area contributed by atoms with Gasteiger partial charge in [-0.1, -0.05) is 170 Å². The lowest BCUT2D eigenvalue weighted by Gasteiger charge is -2.32. The first-order chi connectivity index (χ1) is 47.4. The summed E-state index contributed by atoms with van der Waals surface area (Å²) in [5, 5.41) is 9.83. The van der Waals surface area contributed by atoms with Gasteiger partial charge in [-0.05, 0) is 203 Å². The number of thiophene rings is 2. The average Bonchev–Trinajstić information content (AvgIpc) is 1.68. The van der Waals surface area contributed by atoms with Crippen molar-refractivity contribution in [2.45, 2.75) is 156 Å². The van der Waals surface area contributed by atoms with Crippen LogP contribution < -0.4 is 21.9 Å². The zero-order chi connectivity index (χ0) is 70.1. The third kappa shape index (κ3) is 12.3. The van der Waals surface area contributed by atoms with Crippen LogP contribution in [0.5, 0.6) is 0 Å². The number of hydrogen-bond acceptors (Lipinski definition) is 12. The van der Waals surface area contributed by atoms with Gasteiger partial charge < -0.3 is 46.1 Å². The number of furan rings is 2. The minimum absolute atomic E-state index is 0.292. The molecule has 18 rings (SSSR count). The van der Waals surface area contributed by atoms with Gasteiger partial charge in [0.15, 0.2) is 0 Å². The molecule has 16 heteroatoms. The summed E-state index contributed by atoms with van der Waals surface area (Å²) < 4.78 is 66.6. The molecule has 0 saturated carbocycles. The fourth-order valence-corrected chi connectivity index (χ4v) is 15.7. The highest BCUT2D eigenvalue weighted by Crippen LogP contribution is 2.44. The van der Waals surface area contributed by atoms with E-state index in [-0.39, 0.29) is 73.3 Å². The molecule has 4 aliphatic rings. The highest BCUT2D eigenvalue weighted by Gasteiger charge is 2.55. The summed E-state index contributed by atoms with van der Waals surface area (Å²) in [5.41, 5.74) is 9.93. The highest BCUT2D eigenvalue weighted by molar-refractivity contribution is 7.26. The van der Waals surface area contributed by atoms with Crippen LogP contribution in [0.3, 0.4) is 0 Å². The van der Waals surface area contributed by atoms with Gasteiger partial charge in [-0.3, -0.25) is 0 Å².